The summed E-state index contributed by atoms with van der Waals surface area (Å²) in [5, 5.41) is 0. The first-order valence-corrected chi connectivity index (χ1v) is 10.5. The Kier molecular flexibility index (Phi) is 7.28. The zero-order valence-electron chi connectivity index (χ0n) is 14.1. The first kappa shape index (κ1) is 17.5. The lowest BCUT2D eigenvalue weighted by molar-refractivity contribution is 0.416. The first-order valence-electron chi connectivity index (χ1n) is 7.94. The van der Waals surface area contributed by atoms with Gasteiger partial charge in [-0.3, -0.25) is 0 Å². The molecule has 1 aromatic carbocycles. The van der Waals surface area contributed by atoms with E-state index in [2.05, 4.69) is 58.6 Å². The van der Waals surface area contributed by atoms with Crippen LogP contribution in [0.3, 0.4) is 0 Å². The molecule has 0 saturated heterocycles. The molecule has 0 fully saturated rings. The van der Waals surface area contributed by atoms with E-state index in [4.69, 9.17) is 4.43 Å². The minimum Gasteiger partial charge on any atom is -0.538 e. The van der Waals surface area contributed by atoms with Gasteiger partial charge in [-0.25, -0.2) is 0 Å². The largest absolute Gasteiger partial charge is 0.538 e. The number of hydrogen-bond acceptors (Lipinski definition) is 1. The Balaban J connectivity index is 3.15. The van der Waals surface area contributed by atoms with Crippen LogP contribution in [0.1, 0.15) is 40.2 Å². The first-order chi connectivity index (χ1) is 10.1. The second kappa shape index (κ2) is 8.71. The summed E-state index contributed by atoms with van der Waals surface area (Å²) in [5.74, 6) is 0.915. The summed E-state index contributed by atoms with van der Waals surface area (Å²) in [6, 6.07) is 13.7. The van der Waals surface area contributed by atoms with Crippen molar-refractivity contribution in [2.24, 2.45) is 0 Å². The van der Waals surface area contributed by atoms with Crippen molar-refractivity contribution in [3.05, 3.63) is 59.0 Å². The van der Waals surface area contributed by atoms with E-state index in [1.807, 2.05) is 24.3 Å². The summed E-state index contributed by atoms with van der Waals surface area (Å²) in [6.45, 7) is 10.9. The highest BCUT2D eigenvalue weighted by Crippen LogP contribution is 2.27. The van der Waals surface area contributed by atoms with Crippen molar-refractivity contribution in [3.8, 4) is 0 Å². The Morgan fingerprint density at radius 2 is 1.67 bits per heavy atom. The molecule has 0 aliphatic carbocycles. The Labute approximate surface area is 131 Å². The van der Waals surface area contributed by atoms with Crippen molar-refractivity contribution in [2.75, 3.05) is 0 Å². The van der Waals surface area contributed by atoms with Crippen LogP contribution in [0.15, 0.2) is 53.5 Å². The maximum Gasteiger partial charge on any atom is 0.251 e. The highest BCUT2D eigenvalue weighted by atomic mass is 28.4. The van der Waals surface area contributed by atoms with Gasteiger partial charge in [-0.1, -0.05) is 62.9 Å². The minimum atomic E-state index is -1.66. The molecule has 0 aliphatic heterocycles. The molecule has 0 atom stereocenters. The van der Waals surface area contributed by atoms with Crippen LogP contribution in [0, 0.1) is 0 Å². The maximum absolute atomic E-state index is 6.51. The van der Waals surface area contributed by atoms with E-state index in [-0.39, 0.29) is 0 Å². The molecular formula is C19H28OSi. The van der Waals surface area contributed by atoms with Crippen LogP contribution < -0.4 is 0 Å². The third-order valence-electron chi connectivity index (χ3n) is 4.21. The second-order valence-corrected chi connectivity index (χ2v) is 10.0. The van der Waals surface area contributed by atoms with Crippen LogP contribution in [0.5, 0.6) is 0 Å². The highest BCUT2D eigenvalue weighted by Gasteiger charge is 2.31. The molecule has 0 aliphatic rings. The van der Waals surface area contributed by atoms with Crippen LogP contribution in [0.4, 0.5) is 0 Å². The molecule has 1 nitrogen and oxygen atoms in total. The number of allylic oxidation sites excluding steroid dienone is 2. The van der Waals surface area contributed by atoms with Gasteiger partial charge in [0.15, 0.2) is 5.76 Å². The number of benzene rings is 1. The predicted octanol–water partition coefficient (Wildman–Crippen LogP) is 6.17. The van der Waals surface area contributed by atoms with E-state index in [0.29, 0.717) is 0 Å². The van der Waals surface area contributed by atoms with Gasteiger partial charge >= 0.3 is 0 Å². The zero-order valence-corrected chi connectivity index (χ0v) is 15.1. The topological polar surface area (TPSA) is 9.23 Å². The van der Waals surface area contributed by atoms with E-state index >= 15 is 0 Å². The Bertz CT molecular complexity index is 509. The van der Waals surface area contributed by atoms with Gasteiger partial charge in [0.25, 0.3) is 8.32 Å². The van der Waals surface area contributed by atoms with E-state index in [0.717, 1.165) is 35.0 Å². The normalized spacial score (nSPS) is 11.8. The summed E-state index contributed by atoms with van der Waals surface area (Å²) in [7, 11) is -1.66. The summed E-state index contributed by atoms with van der Waals surface area (Å²) in [4.78, 5) is 0. The molecule has 0 unspecified atom stereocenters. The van der Waals surface area contributed by atoms with Crippen molar-refractivity contribution < 1.29 is 4.43 Å². The van der Waals surface area contributed by atoms with Crippen LogP contribution in [-0.2, 0) is 4.43 Å². The molecule has 1 rings (SSSR count). The Hall–Kier alpha value is -1.50. The molecule has 0 heterocycles. The van der Waals surface area contributed by atoms with Crippen molar-refractivity contribution >= 4 is 14.4 Å². The molecule has 0 spiro atoms. The van der Waals surface area contributed by atoms with Gasteiger partial charge in [0.1, 0.15) is 0 Å². The molecule has 0 aromatic heterocycles. The Morgan fingerprint density at radius 3 is 2.14 bits per heavy atom. The molecule has 114 valence electrons. The van der Waals surface area contributed by atoms with Crippen molar-refractivity contribution in [2.45, 2.75) is 52.8 Å². The quantitative estimate of drug-likeness (QED) is 0.253. The molecule has 0 amide bonds. The lowest BCUT2D eigenvalue weighted by atomic mass is 10.2. The van der Waals surface area contributed by atoms with Gasteiger partial charge in [0.05, 0.1) is 0 Å². The third-order valence-corrected chi connectivity index (χ3v) is 8.72. The standard InChI is InChI=1S/C19H28OSi/c1-6-17(5)19(20-21(7-2,8-3)9-4)16-15-18-13-11-10-12-14-18/h6,10-15H,7-9H2,1-5H3/b17-6+. The fraction of sp³-hybridized carbons (Fsp3) is 0.421. The molecule has 0 N–H and O–H groups in total. The maximum atomic E-state index is 6.51. The lowest BCUT2D eigenvalue weighted by Gasteiger charge is -2.29. The molecular weight excluding hydrogens is 272 g/mol. The van der Waals surface area contributed by atoms with Crippen LogP contribution in [-0.4, -0.2) is 8.32 Å². The number of rotatable bonds is 7. The third kappa shape index (κ3) is 5.07. The summed E-state index contributed by atoms with van der Waals surface area (Å²) < 4.78 is 6.51. The molecule has 21 heavy (non-hydrogen) atoms. The molecule has 1 aromatic rings. The molecule has 2 heteroatoms. The van der Waals surface area contributed by atoms with Gasteiger partial charge in [0.2, 0.25) is 0 Å². The zero-order chi connectivity index (χ0) is 15.7. The fourth-order valence-electron chi connectivity index (χ4n) is 2.24. The van der Waals surface area contributed by atoms with Gasteiger partial charge < -0.3 is 4.43 Å². The van der Waals surface area contributed by atoms with Gasteiger partial charge in [-0.15, -0.1) is 0 Å². The van der Waals surface area contributed by atoms with Gasteiger partial charge in [-0.05, 0) is 49.2 Å². The van der Waals surface area contributed by atoms with Crippen LogP contribution in [0.2, 0.25) is 18.1 Å². The predicted molar refractivity (Wildman–Crippen MR) is 95.6 cm³/mol. The van der Waals surface area contributed by atoms with Gasteiger partial charge in [0, 0.05) is 0 Å². The summed E-state index contributed by atoms with van der Waals surface area (Å²) in [6.07, 6.45) is 4.11. The average Bonchev–Trinajstić information content (AvgIpc) is 2.56. The summed E-state index contributed by atoms with van der Waals surface area (Å²) >= 11 is 0. The van der Waals surface area contributed by atoms with E-state index < -0.39 is 8.32 Å². The molecule has 0 bridgehead atoms. The fourth-order valence-corrected chi connectivity index (χ4v) is 4.82. The van der Waals surface area contributed by atoms with Crippen molar-refractivity contribution in [3.63, 3.8) is 0 Å². The van der Waals surface area contributed by atoms with Crippen molar-refractivity contribution in [1.82, 2.24) is 0 Å². The minimum absolute atomic E-state index is 0.915. The smallest absolute Gasteiger partial charge is 0.251 e. The van der Waals surface area contributed by atoms with Crippen molar-refractivity contribution in [1.29, 1.82) is 0 Å². The SMILES string of the molecule is C/C=C(\C)C(=C=Cc1ccccc1)O[Si](CC)(CC)CC. The van der Waals surface area contributed by atoms with Crippen LogP contribution in [0.25, 0.3) is 6.08 Å². The lowest BCUT2D eigenvalue weighted by Crippen LogP contribution is -2.35. The monoisotopic (exact) mass is 300 g/mol. The average molecular weight is 301 g/mol. The highest BCUT2D eigenvalue weighted by molar-refractivity contribution is 6.73. The van der Waals surface area contributed by atoms with E-state index in [1.54, 1.807) is 0 Å². The molecule has 0 saturated carbocycles. The van der Waals surface area contributed by atoms with E-state index in [9.17, 15) is 0 Å². The Morgan fingerprint density at radius 1 is 1.10 bits per heavy atom. The number of hydrogen-bond donors (Lipinski definition) is 0. The summed E-state index contributed by atoms with van der Waals surface area (Å²) in [5.41, 5.74) is 5.69. The van der Waals surface area contributed by atoms with E-state index in [1.165, 1.54) is 0 Å². The second-order valence-electron chi connectivity index (χ2n) is 5.35. The van der Waals surface area contributed by atoms with Crippen LogP contribution >= 0.6 is 0 Å². The molecule has 0 radical (unpaired) electrons. The van der Waals surface area contributed by atoms with Gasteiger partial charge in [-0.2, -0.15) is 0 Å².